The van der Waals surface area contributed by atoms with Crippen molar-refractivity contribution in [3.8, 4) is 5.75 Å². The minimum Gasteiger partial charge on any atom is -0.497 e. The van der Waals surface area contributed by atoms with Crippen LogP contribution in [0.15, 0.2) is 53.0 Å². The average Bonchev–Trinajstić information content (AvgIpc) is 2.56. The molecule has 0 aliphatic carbocycles. The number of ether oxygens (including phenoxy) is 1. The van der Waals surface area contributed by atoms with Crippen molar-refractivity contribution in [2.45, 2.75) is 6.42 Å². The number of hydrogen-bond acceptors (Lipinski definition) is 3. The zero-order chi connectivity index (χ0) is 16.7. The van der Waals surface area contributed by atoms with Crippen LogP contribution >= 0.6 is 15.9 Å². The van der Waals surface area contributed by atoms with Gasteiger partial charge in [-0.1, -0.05) is 34.1 Å². The lowest BCUT2D eigenvalue weighted by Crippen LogP contribution is -2.33. The maximum absolute atomic E-state index is 11.9. The lowest BCUT2D eigenvalue weighted by Gasteiger charge is -2.08. The van der Waals surface area contributed by atoms with Crippen molar-refractivity contribution in [1.82, 2.24) is 5.32 Å². The van der Waals surface area contributed by atoms with Crippen LogP contribution in [0.2, 0.25) is 0 Å². The highest BCUT2D eigenvalue weighted by Gasteiger charge is 2.08. The van der Waals surface area contributed by atoms with Crippen LogP contribution in [-0.4, -0.2) is 25.5 Å². The van der Waals surface area contributed by atoms with Crippen LogP contribution in [0.5, 0.6) is 5.75 Å². The van der Waals surface area contributed by atoms with Gasteiger partial charge >= 0.3 is 0 Å². The molecule has 0 heterocycles. The van der Waals surface area contributed by atoms with Gasteiger partial charge in [-0.25, -0.2) is 0 Å². The summed E-state index contributed by atoms with van der Waals surface area (Å²) in [5.41, 5.74) is 1.52. The number of amides is 2. The molecular weight excluding hydrogens is 360 g/mol. The second kappa shape index (κ2) is 8.33. The van der Waals surface area contributed by atoms with Crippen LogP contribution in [-0.2, 0) is 16.0 Å². The molecule has 5 nitrogen and oxygen atoms in total. The standard InChI is InChI=1S/C17H17BrN2O3/c1-23-14-8-6-13(7-9-14)20-17(22)11-19-16(21)10-12-4-2-3-5-15(12)18/h2-9H,10-11H2,1H3,(H,19,21)(H,20,22). The van der Waals surface area contributed by atoms with Gasteiger partial charge in [0.05, 0.1) is 20.1 Å². The monoisotopic (exact) mass is 376 g/mol. The van der Waals surface area contributed by atoms with Gasteiger partial charge in [-0.3, -0.25) is 9.59 Å². The van der Waals surface area contributed by atoms with Crippen molar-refractivity contribution in [3.05, 3.63) is 58.6 Å². The smallest absolute Gasteiger partial charge is 0.243 e. The number of carbonyl (C=O) groups excluding carboxylic acids is 2. The third-order valence-corrected chi connectivity index (χ3v) is 3.90. The van der Waals surface area contributed by atoms with E-state index in [-0.39, 0.29) is 24.8 Å². The van der Waals surface area contributed by atoms with Crippen molar-refractivity contribution in [1.29, 1.82) is 0 Å². The first-order chi connectivity index (χ1) is 11.1. The highest BCUT2D eigenvalue weighted by molar-refractivity contribution is 9.10. The third kappa shape index (κ3) is 5.41. The fraction of sp³-hybridized carbons (Fsp3) is 0.176. The number of anilines is 1. The quantitative estimate of drug-likeness (QED) is 0.814. The second-order valence-corrected chi connectivity index (χ2v) is 5.68. The van der Waals surface area contributed by atoms with E-state index in [9.17, 15) is 9.59 Å². The molecule has 2 N–H and O–H groups in total. The Labute approximate surface area is 143 Å². The van der Waals surface area contributed by atoms with Gasteiger partial charge in [0.15, 0.2) is 0 Å². The molecule has 0 fully saturated rings. The van der Waals surface area contributed by atoms with Gasteiger partial charge in [0, 0.05) is 10.2 Å². The van der Waals surface area contributed by atoms with Crippen LogP contribution in [0.1, 0.15) is 5.56 Å². The molecule has 2 rings (SSSR count). The minimum absolute atomic E-state index is 0.0741. The number of carbonyl (C=O) groups is 2. The molecule has 0 aliphatic rings. The van der Waals surface area contributed by atoms with E-state index in [2.05, 4.69) is 26.6 Å². The molecule has 0 aliphatic heterocycles. The van der Waals surface area contributed by atoms with Crippen molar-refractivity contribution in [2.75, 3.05) is 19.0 Å². The van der Waals surface area contributed by atoms with E-state index in [1.54, 1.807) is 31.4 Å². The molecular formula is C17H17BrN2O3. The Hall–Kier alpha value is -2.34. The van der Waals surface area contributed by atoms with Gasteiger partial charge in [0.1, 0.15) is 5.75 Å². The van der Waals surface area contributed by atoms with Gasteiger partial charge in [-0.2, -0.15) is 0 Å². The Kier molecular flexibility index (Phi) is 6.17. The average molecular weight is 377 g/mol. The zero-order valence-corrected chi connectivity index (χ0v) is 14.2. The Morgan fingerprint density at radius 3 is 2.39 bits per heavy atom. The Morgan fingerprint density at radius 1 is 1.04 bits per heavy atom. The topological polar surface area (TPSA) is 67.4 Å². The Balaban J connectivity index is 1.79. The number of methoxy groups -OCH3 is 1. The molecule has 120 valence electrons. The minimum atomic E-state index is -0.282. The molecule has 6 heteroatoms. The van der Waals surface area contributed by atoms with Crippen molar-refractivity contribution >= 4 is 33.4 Å². The van der Waals surface area contributed by atoms with Crippen molar-refractivity contribution < 1.29 is 14.3 Å². The second-order valence-electron chi connectivity index (χ2n) is 4.82. The molecule has 0 spiro atoms. The zero-order valence-electron chi connectivity index (χ0n) is 12.6. The first kappa shape index (κ1) is 17.0. The molecule has 2 aromatic rings. The van der Waals surface area contributed by atoms with Gasteiger partial charge < -0.3 is 15.4 Å². The molecule has 0 saturated carbocycles. The molecule has 0 radical (unpaired) electrons. The van der Waals surface area contributed by atoms with E-state index >= 15 is 0 Å². The van der Waals surface area contributed by atoms with Crippen LogP contribution in [0.3, 0.4) is 0 Å². The Bertz CT molecular complexity index is 686. The summed E-state index contributed by atoms with van der Waals surface area (Å²) in [5, 5.41) is 5.31. The predicted molar refractivity (Wildman–Crippen MR) is 92.5 cm³/mol. The summed E-state index contributed by atoms with van der Waals surface area (Å²) in [5.74, 6) is 0.224. The van der Waals surface area contributed by atoms with E-state index in [0.717, 1.165) is 10.0 Å². The maximum atomic E-state index is 11.9. The highest BCUT2D eigenvalue weighted by atomic mass is 79.9. The fourth-order valence-electron chi connectivity index (χ4n) is 1.94. The lowest BCUT2D eigenvalue weighted by molar-refractivity contribution is -0.123. The summed E-state index contributed by atoms with van der Waals surface area (Å²) in [4.78, 5) is 23.7. The van der Waals surface area contributed by atoms with Gasteiger partial charge in [-0.05, 0) is 35.9 Å². The maximum Gasteiger partial charge on any atom is 0.243 e. The lowest BCUT2D eigenvalue weighted by atomic mass is 10.1. The highest BCUT2D eigenvalue weighted by Crippen LogP contribution is 2.16. The normalized spacial score (nSPS) is 10.0. The summed E-state index contributed by atoms with van der Waals surface area (Å²) < 4.78 is 5.92. The molecule has 0 aromatic heterocycles. The van der Waals surface area contributed by atoms with E-state index in [0.29, 0.717) is 11.4 Å². The van der Waals surface area contributed by atoms with E-state index in [1.807, 2.05) is 24.3 Å². The van der Waals surface area contributed by atoms with Gasteiger partial charge in [0.25, 0.3) is 0 Å². The van der Waals surface area contributed by atoms with Gasteiger partial charge in [0.2, 0.25) is 11.8 Å². The van der Waals surface area contributed by atoms with Crippen LogP contribution in [0.25, 0.3) is 0 Å². The Morgan fingerprint density at radius 2 is 1.74 bits per heavy atom. The van der Waals surface area contributed by atoms with Crippen molar-refractivity contribution in [3.63, 3.8) is 0 Å². The largest absolute Gasteiger partial charge is 0.497 e. The predicted octanol–water partition coefficient (Wildman–Crippen LogP) is 2.76. The molecule has 23 heavy (non-hydrogen) atoms. The number of hydrogen-bond donors (Lipinski definition) is 2. The van der Waals surface area contributed by atoms with E-state index in [4.69, 9.17) is 4.74 Å². The first-order valence-electron chi connectivity index (χ1n) is 7.02. The molecule has 2 aromatic carbocycles. The fourth-order valence-corrected chi connectivity index (χ4v) is 2.36. The van der Waals surface area contributed by atoms with E-state index in [1.165, 1.54) is 0 Å². The first-order valence-corrected chi connectivity index (χ1v) is 7.82. The van der Waals surface area contributed by atoms with E-state index < -0.39 is 0 Å². The summed E-state index contributed by atoms with van der Waals surface area (Å²) in [6.07, 6.45) is 0.219. The van der Waals surface area contributed by atoms with Crippen LogP contribution in [0.4, 0.5) is 5.69 Å². The molecule has 2 amide bonds. The number of nitrogens with one attached hydrogen (secondary N) is 2. The molecule has 0 unspecified atom stereocenters. The number of halogens is 1. The van der Waals surface area contributed by atoms with Gasteiger partial charge in [-0.15, -0.1) is 0 Å². The molecule has 0 atom stereocenters. The number of benzene rings is 2. The molecule has 0 bridgehead atoms. The number of rotatable bonds is 6. The summed E-state index contributed by atoms with van der Waals surface area (Å²) in [6.45, 7) is -0.0741. The summed E-state index contributed by atoms with van der Waals surface area (Å²) in [7, 11) is 1.58. The SMILES string of the molecule is COc1ccc(NC(=O)CNC(=O)Cc2ccccc2Br)cc1. The summed E-state index contributed by atoms with van der Waals surface area (Å²) >= 11 is 3.39. The van der Waals surface area contributed by atoms with Crippen LogP contribution < -0.4 is 15.4 Å². The third-order valence-electron chi connectivity index (χ3n) is 3.13. The van der Waals surface area contributed by atoms with Crippen LogP contribution in [0, 0.1) is 0 Å². The molecule has 0 saturated heterocycles. The van der Waals surface area contributed by atoms with Crippen molar-refractivity contribution in [2.24, 2.45) is 0 Å². The summed E-state index contributed by atoms with van der Waals surface area (Å²) in [6, 6.07) is 14.5.